The summed E-state index contributed by atoms with van der Waals surface area (Å²) < 4.78 is 1.70. The lowest BCUT2D eigenvalue weighted by molar-refractivity contribution is -0.116. The summed E-state index contributed by atoms with van der Waals surface area (Å²) in [5.41, 5.74) is 2.86. The van der Waals surface area contributed by atoms with Gasteiger partial charge in [0.05, 0.1) is 17.6 Å². The van der Waals surface area contributed by atoms with E-state index in [1.54, 1.807) is 22.3 Å². The fourth-order valence-corrected chi connectivity index (χ4v) is 3.02. The second-order valence-corrected chi connectivity index (χ2v) is 6.15. The van der Waals surface area contributed by atoms with Gasteiger partial charge in [0.1, 0.15) is 0 Å². The van der Waals surface area contributed by atoms with Crippen LogP contribution in [-0.2, 0) is 11.8 Å². The molecule has 0 saturated carbocycles. The minimum absolute atomic E-state index is 0.168. The van der Waals surface area contributed by atoms with Crippen LogP contribution in [0.5, 0.6) is 0 Å². The van der Waals surface area contributed by atoms with Crippen molar-refractivity contribution < 1.29 is 9.59 Å². The molecule has 24 heavy (non-hydrogen) atoms. The normalized spacial score (nSPS) is 10.8. The maximum atomic E-state index is 12.0. The van der Waals surface area contributed by atoms with Crippen LogP contribution < -0.4 is 10.6 Å². The molecule has 0 saturated heterocycles. The van der Waals surface area contributed by atoms with E-state index in [9.17, 15) is 9.59 Å². The van der Waals surface area contributed by atoms with Crippen LogP contribution in [-0.4, -0.2) is 33.1 Å². The standard InChI is InChI=1S/C16H17N5O2S/c1-10-13-7-12(8-18-15(13)21(2)20-10)19-14(22)3-5-17-16(23)11-4-6-24-9-11/h4,6-9H,3,5H2,1-2H3,(H,17,23)(H,19,22). The molecule has 0 aliphatic rings. The summed E-state index contributed by atoms with van der Waals surface area (Å²) in [5.74, 6) is -0.346. The van der Waals surface area contributed by atoms with Crippen molar-refractivity contribution in [1.29, 1.82) is 0 Å². The molecule has 3 heterocycles. The molecule has 3 aromatic heterocycles. The molecule has 0 aromatic carbocycles. The van der Waals surface area contributed by atoms with Gasteiger partial charge in [0.25, 0.3) is 5.91 Å². The summed E-state index contributed by atoms with van der Waals surface area (Å²) in [7, 11) is 1.83. The Bertz CT molecular complexity index is 885. The zero-order chi connectivity index (χ0) is 17.1. The minimum Gasteiger partial charge on any atom is -0.351 e. The molecule has 0 radical (unpaired) electrons. The molecular weight excluding hydrogens is 326 g/mol. The number of nitrogens with one attached hydrogen (secondary N) is 2. The summed E-state index contributed by atoms with van der Waals surface area (Å²) in [4.78, 5) is 28.1. The third-order valence-corrected chi connectivity index (χ3v) is 4.25. The highest BCUT2D eigenvalue weighted by Gasteiger charge is 2.10. The van der Waals surface area contributed by atoms with E-state index in [1.165, 1.54) is 11.3 Å². The molecule has 0 spiro atoms. The minimum atomic E-state index is -0.177. The second-order valence-electron chi connectivity index (χ2n) is 5.37. The number of thiophene rings is 1. The van der Waals surface area contributed by atoms with Gasteiger partial charge in [-0.25, -0.2) is 4.98 Å². The fourth-order valence-electron chi connectivity index (χ4n) is 2.39. The van der Waals surface area contributed by atoms with Crippen LogP contribution in [0.15, 0.2) is 29.1 Å². The van der Waals surface area contributed by atoms with Gasteiger partial charge in [-0.2, -0.15) is 16.4 Å². The van der Waals surface area contributed by atoms with E-state index < -0.39 is 0 Å². The third-order valence-electron chi connectivity index (χ3n) is 3.57. The predicted octanol–water partition coefficient (Wildman–Crippen LogP) is 2.10. The summed E-state index contributed by atoms with van der Waals surface area (Å²) in [6, 6.07) is 3.60. The van der Waals surface area contributed by atoms with E-state index in [4.69, 9.17) is 0 Å². The highest BCUT2D eigenvalue weighted by atomic mass is 32.1. The van der Waals surface area contributed by atoms with Gasteiger partial charge in [-0.05, 0) is 24.4 Å². The van der Waals surface area contributed by atoms with Crippen molar-refractivity contribution in [2.24, 2.45) is 7.05 Å². The number of aromatic nitrogens is 3. The molecular formula is C16H17N5O2S. The van der Waals surface area contributed by atoms with Crippen LogP contribution in [0.3, 0.4) is 0 Å². The average Bonchev–Trinajstić information content (AvgIpc) is 3.17. The summed E-state index contributed by atoms with van der Waals surface area (Å²) in [5, 5.41) is 14.3. The highest BCUT2D eigenvalue weighted by molar-refractivity contribution is 7.08. The highest BCUT2D eigenvalue weighted by Crippen LogP contribution is 2.19. The van der Waals surface area contributed by atoms with Crippen LogP contribution in [0.25, 0.3) is 11.0 Å². The lowest BCUT2D eigenvalue weighted by Gasteiger charge is -2.06. The topological polar surface area (TPSA) is 88.9 Å². The number of carbonyl (C=O) groups excluding carboxylic acids is 2. The van der Waals surface area contributed by atoms with Crippen molar-refractivity contribution in [2.75, 3.05) is 11.9 Å². The maximum Gasteiger partial charge on any atom is 0.252 e. The number of carbonyl (C=O) groups is 2. The Morgan fingerprint density at radius 1 is 1.38 bits per heavy atom. The third kappa shape index (κ3) is 3.43. The van der Waals surface area contributed by atoms with Crippen LogP contribution in [0.1, 0.15) is 22.5 Å². The Hall–Kier alpha value is -2.74. The number of rotatable bonds is 5. The van der Waals surface area contributed by atoms with Crippen molar-refractivity contribution in [1.82, 2.24) is 20.1 Å². The predicted molar refractivity (Wildman–Crippen MR) is 93.1 cm³/mol. The number of pyridine rings is 1. The lowest BCUT2D eigenvalue weighted by atomic mass is 10.2. The molecule has 3 aromatic rings. The molecule has 0 unspecified atom stereocenters. The first-order valence-corrected chi connectivity index (χ1v) is 8.38. The number of hydrogen-bond acceptors (Lipinski definition) is 5. The van der Waals surface area contributed by atoms with E-state index in [2.05, 4.69) is 20.7 Å². The van der Waals surface area contributed by atoms with Gasteiger partial charge < -0.3 is 10.6 Å². The Labute approximate surface area is 142 Å². The number of aryl methyl sites for hydroxylation is 2. The molecule has 0 bridgehead atoms. The molecule has 0 aliphatic heterocycles. The van der Waals surface area contributed by atoms with E-state index >= 15 is 0 Å². The van der Waals surface area contributed by atoms with E-state index in [0.717, 1.165) is 16.7 Å². The molecule has 8 heteroatoms. The largest absolute Gasteiger partial charge is 0.351 e. The Morgan fingerprint density at radius 2 is 2.21 bits per heavy atom. The van der Waals surface area contributed by atoms with Crippen molar-refractivity contribution in [2.45, 2.75) is 13.3 Å². The Kier molecular flexibility index (Phi) is 4.57. The molecule has 3 rings (SSSR count). The van der Waals surface area contributed by atoms with Crippen LogP contribution in [0, 0.1) is 6.92 Å². The van der Waals surface area contributed by atoms with Gasteiger partial charge >= 0.3 is 0 Å². The number of nitrogens with zero attached hydrogens (tertiary/aromatic N) is 3. The lowest BCUT2D eigenvalue weighted by Crippen LogP contribution is -2.27. The first-order chi connectivity index (χ1) is 11.5. The number of amides is 2. The van der Waals surface area contributed by atoms with E-state index in [1.807, 2.05) is 25.4 Å². The summed E-state index contributed by atoms with van der Waals surface area (Å²) >= 11 is 1.46. The first kappa shape index (κ1) is 16.1. The Morgan fingerprint density at radius 3 is 2.96 bits per heavy atom. The van der Waals surface area contributed by atoms with Gasteiger partial charge in [0, 0.05) is 36.3 Å². The number of anilines is 1. The smallest absolute Gasteiger partial charge is 0.252 e. The van der Waals surface area contributed by atoms with Gasteiger partial charge in [-0.3, -0.25) is 14.3 Å². The van der Waals surface area contributed by atoms with Gasteiger partial charge in [-0.15, -0.1) is 0 Å². The van der Waals surface area contributed by atoms with Crippen molar-refractivity contribution in [3.63, 3.8) is 0 Å². The molecule has 2 N–H and O–H groups in total. The zero-order valence-corrected chi connectivity index (χ0v) is 14.2. The number of fused-ring (bicyclic) bond motifs is 1. The zero-order valence-electron chi connectivity index (χ0n) is 13.4. The van der Waals surface area contributed by atoms with E-state index in [-0.39, 0.29) is 24.8 Å². The molecule has 7 nitrogen and oxygen atoms in total. The molecule has 0 aliphatic carbocycles. The monoisotopic (exact) mass is 343 g/mol. The second kappa shape index (κ2) is 6.79. The molecule has 124 valence electrons. The summed E-state index contributed by atoms with van der Waals surface area (Å²) in [6.07, 6.45) is 1.80. The van der Waals surface area contributed by atoms with Gasteiger partial charge in [-0.1, -0.05) is 0 Å². The van der Waals surface area contributed by atoms with E-state index in [0.29, 0.717) is 11.3 Å². The van der Waals surface area contributed by atoms with Crippen LogP contribution >= 0.6 is 11.3 Å². The van der Waals surface area contributed by atoms with Crippen molar-refractivity contribution >= 4 is 39.9 Å². The average molecular weight is 343 g/mol. The first-order valence-electron chi connectivity index (χ1n) is 7.44. The maximum absolute atomic E-state index is 12.0. The summed E-state index contributed by atoms with van der Waals surface area (Å²) in [6.45, 7) is 2.18. The quantitative estimate of drug-likeness (QED) is 0.742. The SMILES string of the molecule is Cc1nn(C)c2ncc(NC(=O)CCNC(=O)c3ccsc3)cc12. The van der Waals surface area contributed by atoms with Gasteiger partial charge in [0.15, 0.2) is 5.65 Å². The number of hydrogen-bond donors (Lipinski definition) is 2. The van der Waals surface area contributed by atoms with Crippen LogP contribution in [0.2, 0.25) is 0 Å². The molecule has 0 fully saturated rings. The van der Waals surface area contributed by atoms with Crippen LogP contribution in [0.4, 0.5) is 5.69 Å². The fraction of sp³-hybridized carbons (Fsp3) is 0.250. The van der Waals surface area contributed by atoms with Gasteiger partial charge in [0.2, 0.25) is 5.91 Å². The Balaban J connectivity index is 1.55. The molecule has 0 atom stereocenters. The molecule has 2 amide bonds. The van der Waals surface area contributed by atoms with Crippen molar-refractivity contribution in [3.8, 4) is 0 Å². The van der Waals surface area contributed by atoms with Crippen molar-refractivity contribution in [3.05, 3.63) is 40.3 Å².